The highest BCUT2D eigenvalue weighted by Gasteiger charge is 2.15. The van der Waals surface area contributed by atoms with Crippen molar-refractivity contribution in [3.05, 3.63) is 78.1 Å². The molecule has 184 valence electrons. The highest BCUT2D eigenvalue weighted by atomic mass is 16.2. The number of nitrogens with one attached hydrogen (secondary N) is 3. The fourth-order valence-electron chi connectivity index (χ4n) is 4.54. The summed E-state index contributed by atoms with van der Waals surface area (Å²) in [5.41, 5.74) is 4.49. The number of amides is 3. The molecule has 0 bridgehead atoms. The molecule has 1 fully saturated rings. The number of urea groups is 1. The minimum atomic E-state index is -0.123. The molecule has 7 nitrogen and oxygen atoms in total. The van der Waals surface area contributed by atoms with Crippen LogP contribution in [0.25, 0.3) is 11.1 Å². The smallest absolute Gasteiger partial charge is 0.315 e. The second-order valence-corrected chi connectivity index (χ2v) is 9.17. The molecule has 1 heterocycles. The van der Waals surface area contributed by atoms with Crippen LogP contribution in [-0.2, 0) is 17.9 Å². The van der Waals surface area contributed by atoms with Crippen molar-refractivity contribution in [3.8, 4) is 11.1 Å². The second kappa shape index (κ2) is 12.7. The zero-order valence-electron chi connectivity index (χ0n) is 20.2. The van der Waals surface area contributed by atoms with Crippen molar-refractivity contribution in [1.82, 2.24) is 25.7 Å². The minimum Gasteiger partial charge on any atom is -0.352 e. The summed E-state index contributed by atoms with van der Waals surface area (Å²) in [6.07, 6.45) is 10.5. The summed E-state index contributed by atoms with van der Waals surface area (Å²) in [4.78, 5) is 24.4. The average Bonchev–Trinajstić information content (AvgIpc) is 3.40. The summed E-state index contributed by atoms with van der Waals surface area (Å²) in [5, 5.41) is 13.2. The van der Waals surface area contributed by atoms with Crippen LogP contribution in [0.2, 0.25) is 0 Å². The molecule has 0 unspecified atom stereocenters. The number of nitrogens with zero attached hydrogens (tertiary/aromatic N) is 2. The van der Waals surface area contributed by atoms with Gasteiger partial charge in [-0.3, -0.25) is 9.48 Å². The first-order valence-corrected chi connectivity index (χ1v) is 12.6. The predicted octanol–water partition coefficient (Wildman–Crippen LogP) is 4.63. The van der Waals surface area contributed by atoms with E-state index in [9.17, 15) is 9.59 Å². The standard InChI is InChI=1S/C28H35N5O2/c34-27(12-6-17-29-28(35)32-25-9-2-1-3-10-25)30-20-24-8-4-5-11-26(24)23-15-13-22(14-16-23)21-33-19-7-18-31-33/h4-5,7-8,11,13-16,18-19,25H,1-3,6,9-10,12,17,20-21H2,(H,30,34)(H2,29,32,35). The van der Waals surface area contributed by atoms with Gasteiger partial charge < -0.3 is 16.0 Å². The maximum atomic E-state index is 12.4. The number of carbonyl (C=O) groups is 2. The van der Waals surface area contributed by atoms with Crippen LogP contribution in [0.4, 0.5) is 4.79 Å². The highest BCUT2D eigenvalue weighted by Crippen LogP contribution is 2.24. The Labute approximate surface area is 207 Å². The van der Waals surface area contributed by atoms with Crippen molar-refractivity contribution in [2.75, 3.05) is 6.54 Å². The molecule has 0 radical (unpaired) electrons. The molecule has 1 saturated carbocycles. The van der Waals surface area contributed by atoms with E-state index in [1.165, 1.54) is 24.8 Å². The summed E-state index contributed by atoms with van der Waals surface area (Å²) in [6.45, 7) is 1.70. The topological polar surface area (TPSA) is 88.0 Å². The monoisotopic (exact) mass is 473 g/mol. The first-order valence-electron chi connectivity index (χ1n) is 12.6. The van der Waals surface area contributed by atoms with E-state index in [1.807, 2.05) is 35.1 Å². The molecule has 0 atom stereocenters. The molecule has 7 heteroatoms. The van der Waals surface area contributed by atoms with Gasteiger partial charge in [0.05, 0.1) is 6.54 Å². The first kappa shape index (κ1) is 24.5. The van der Waals surface area contributed by atoms with Crippen LogP contribution in [0.3, 0.4) is 0 Å². The average molecular weight is 474 g/mol. The van der Waals surface area contributed by atoms with Gasteiger partial charge in [-0.25, -0.2) is 4.79 Å². The zero-order valence-corrected chi connectivity index (χ0v) is 20.2. The van der Waals surface area contributed by atoms with Crippen molar-refractivity contribution in [1.29, 1.82) is 0 Å². The molecular weight excluding hydrogens is 438 g/mol. The van der Waals surface area contributed by atoms with Gasteiger partial charge in [0.25, 0.3) is 0 Å². The molecule has 0 aliphatic heterocycles. The van der Waals surface area contributed by atoms with Gasteiger partial charge >= 0.3 is 6.03 Å². The fourth-order valence-corrected chi connectivity index (χ4v) is 4.54. The van der Waals surface area contributed by atoms with Gasteiger partial charge in [0.2, 0.25) is 5.91 Å². The normalized spacial score (nSPS) is 13.8. The summed E-state index contributed by atoms with van der Waals surface area (Å²) < 4.78 is 1.90. The number of hydrogen-bond acceptors (Lipinski definition) is 3. The Bertz CT molecular complexity index is 1070. The molecule has 0 saturated heterocycles. The summed E-state index contributed by atoms with van der Waals surface area (Å²) in [7, 11) is 0. The maximum absolute atomic E-state index is 12.4. The first-order chi connectivity index (χ1) is 17.2. The molecule has 1 aliphatic rings. The third-order valence-electron chi connectivity index (χ3n) is 6.47. The van der Waals surface area contributed by atoms with Crippen molar-refractivity contribution < 1.29 is 9.59 Å². The van der Waals surface area contributed by atoms with Gasteiger partial charge in [-0.1, -0.05) is 67.8 Å². The van der Waals surface area contributed by atoms with Crippen molar-refractivity contribution >= 4 is 11.9 Å². The van der Waals surface area contributed by atoms with Gasteiger partial charge in [0, 0.05) is 37.9 Å². The summed E-state index contributed by atoms with van der Waals surface area (Å²) in [5.74, 6) is -0.0103. The van der Waals surface area contributed by atoms with Crippen LogP contribution in [0, 0.1) is 0 Å². The van der Waals surface area contributed by atoms with Crippen LogP contribution in [0.5, 0.6) is 0 Å². The molecular formula is C28H35N5O2. The van der Waals surface area contributed by atoms with E-state index in [4.69, 9.17) is 0 Å². The van der Waals surface area contributed by atoms with Crippen LogP contribution >= 0.6 is 0 Å². The van der Waals surface area contributed by atoms with Crippen molar-refractivity contribution in [2.45, 2.75) is 64.1 Å². The van der Waals surface area contributed by atoms with Crippen molar-refractivity contribution in [3.63, 3.8) is 0 Å². The quantitative estimate of drug-likeness (QED) is 0.375. The van der Waals surface area contributed by atoms with E-state index in [2.05, 4.69) is 51.4 Å². The van der Waals surface area contributed by atoms with Crippen LogP contribution in [0.1, 0.15) is 56.1 Å². The number of hydrogen-bond donors (Lipinski definition) is 3. The predicted molar refractivity (Wildman–Crippen MR) is 138 cm³/mol. The van der Waals surface area contributed by atoms with E-state index >= 15 is 0 Å². The number of rotatable bonds is 10. The van der Waals surface area contributed by atoms with Gasteiger partial charge in [0.15, 0.2) is 0 Å². The Hall–Kier alpha value is -3.61. The lowest BCUT2D eigenvalue weighted by Gasteiger charge is -2.22. The molecule has 1 aromatic heterocycles. The lowest BCUT2D eigenvalue weighted by molar-refractivity contribution is -0.121. The van der Waals surface area contributed by atoms with Crippen LogP contribution in [-0.4, -0.2) is 34.3 Å². The van der Waals surface area contributed by atoms with Gasteiger partial charge in [-0.15, -0.1) is 0 Å². The molecule has 3 aromatic rings. The molecule has 3 N–H and O–H groups in total. The van der Waals surface area contributed by atoms with Gasteiger partial charge in [-0.2, -0.15) is 5.10 Å². The molecule has 1 aliphatic carbocycles. The Morgan fingerprint density at radius 1 is 0.943 bits per heavy atom. The number of benzene rings is 2. The Kier molecular flexibility index (Phi) is 8.92. The Morgan fingerprint density at radius 3 is 2.51 bits per heavy atom. The molecule has 4 rings (SSSR count). The van der Waals surface area contributed by atoms with Crippen LogP contribution in [0.15, 0.2) is 67.0 Å². The Balaban J connectivity index is 1.20. The molecule has 35 heavy (non-hydrogen) atoms. The summed E-state index contributed by atoms with van der Waals surface area (Å²) in [6, 6.07) is 18.7. The third-order valence-corrected chi connectivity index (χ3v) is 6.47. The summed E-state index contributed by atoms with van der Waals surface area (Å²) >= 11 is 0. The number of carbonyl (C=O) groups excluding carboxylic acids is 2. The molecule has 2 aromatic carbocycles. The zero-order chi connectivity index (χ0) is 24.3. The van der Waals surface area contributed by atoms with Gasteiger partial charge in [-0.05, 0) is 47.6 Å². The third kappa shape index (κ3) is 7.70. The molecule has 0 spiro atoms. The van der Waals surface area contributed by atoms with Gasteiger partial charge in [0.1, 0.15) is 0 Å². The molecule has 3 amide bonds. The SMILES string of the molecule is O=C(CCCNC(=O)NC1CCCCC1)NCc1ccccc1-c1ccc(Cn2cccn2)cc1. The second-order valence-electron chi connectivity index (χ2n) is 9.17. The van der Waals surface area contributed by atoms with E-state index in [-0.39, 0.29) is 11.9 Å². The Morgan fingerprint density at radius 2 is 1.74 bits per heavy atom. The minimum absolute atomic E-state index is 0.0103. The highest BCUT2D eigenvalue weighted by molar-refractivity contribution is 5.77. The van der Waals surface area contributed by atoms with E-state index in [0.717, 1.165) is 36.1 Å². The van der Waals surface area contributed by atoms with E-state index in [0.29, 0.717) is 32.0 Å². The van der Waals surface area contributed by atoms with Crippen LogP contribution < -0.4 is 16.0 Å². The largest absolute Gasteiger partial charge is 0.352 e. The number of aromatic nitrogens is 2. The lowest BCUT2D eigenvalue weighted by atomic mass is 9.96. The fraction of sp³-hybridized carbons (Fsp3) is 0.393. The van der Waals surface area contributed by atoms with E-state index < -0.39 is 0 Å². The maximum Gasteiger partial charge on any atom is 0.315 e. The van der Waals surface area contributed by atoms with E-state index in [1.54, 1.807) is 6.20 Å². The lowest BCUT2D eigenvalue weighted by Crippen LogP contribution is -2.43. The van der Waals surface area contributed by atoms with Crippen molar-refractivity contribution in [2.24, 2.45) is 0 Å².